The Morgan fingerprint density at radius 1 is 1.19 bits per heavy atom. The lowest BCUT2D eigenvalue weighted by Crippen LogP contribution is -2.38. The Morgan fingerprint density at radius 2 is 1.85 bits per heavy atom. The van der Waals surface area contributed by atoms with E-state index in [1.165, 1.54) is 24.4 Å². The van der Waals surface area contributed by atoms with Crippen LogP contribution in [0.2, 0.25) is 0 Å². The van der Waals surface area contributed by atoms with Gasteiger partial charge in [-0.2, -0.15) is 0 Å². The molecule has 2 aromatic rings. The van der Waals surface area contributed by atoms with Crippen molar-refractivity contribution in [2.45, 2.75) is 23.9 Å². The number of carbonyl (C=O) groups is 2. The number of carboxylic acid groups (broad SMARTS) is 1. The summed E-state index contributed by atoms with van der Waals surface area (Å²) in [7, 11) is -3.85. The summed E-state index contributed by atoms with van der Waals surface area (Å²) in [4.78, 5) is 24.5. The lowest BCUT2D eigenvalue weighted by molar-refractivity contribution is -0.149. The number of hydrogen-bond donors (Lipinski definition) is 1. The zero-order valence-electron chi connectivity index (χ0n) is 13.9. The minimum absolute atomic E-state index is 0.0441. The van der Waals surface area contributed by atoms with Crippen LogP contribution in [-0.4, -0.2) is 53.0 Å². The van der Waals surface area contributed by atoms with Crippen molar-refractivity contribution in [3.8, 4) is 0 Å². The molecule has 0 bridgehead atoms. The summed E-state index contributed by atoms with van der Waals surface area (Å²) in [5.74, 6) is -2.21. The number of aryl methyl sites for hydroxylation is 1. The first-order valence-electron chi connectivity index (χ1n) is 7.85. The van der Waals surface area contributed by atoms with E-state index >= 15 is 0 Å². The molecule has 0 radical (unpaired) electrons. The molecule has 1 fully saturated rings. The van der Waals surface area contributed by atoms with E-state index in [0.29, 0.717) is 0 Å². The van der Waals surface area contributed by atoms with Crippen LogP contribution in [0.5, 0.6) is 0 Å². The van der Waals surface area contributed by atoms with E-state index in [1.807, 2.05) is 6.92 Å². The molecule has 0 spiro atoms. The minimum Gasteiger partial charge on any atom is -0.479 e. The third-order valence-corrected chi connectivity index (χ3v) is 6.05. The van der Waals surface area contributed by atoms with Crippen LogP contribution in [0.25, 0.3) is 0 Å². The second-order valence-corrected chi connectivity index (χ2v) is 8.14. The Bertz CT molecular complexity index is 967. The fraction of sp³-hybridized carbons (Fsp3) is 0.294. The lowest BCUT2D eigenvalue weighted by Gasteiger charge is -2.17. The van der Waals surface area contributed by atoms with Crippen molar-refractivity contribution in [2.75, 3.05) is 13.1 Å². The largest absolute Gasteiger partial charge is 0.479 e. The molecule has 1 saturated heterocycles. The van der Waals surface area contributed by atoms with Gasteiger partial charge in [0.15, 0.2) is 0 Å². The van der Waals surface area contributed by atoms with Crippen LogP contribution in [0.15, 0.2) is 47.6 Å². The lowest BCUT2D eigenvalue weighted by atomic mass is 10.1. The summed E-state index contributed by atoms with van der Waals surface area (Å²) in [6.45, 7) is 1.23. The molecule has 1 aliphatic heterocycles. The first kappa shape index (κ1) is 18.1. The second-order valence-electron chi connectivity index (χ2n) is 6.30. The van der Waals surface area contributed by atoms with E-state index < -0.39 is 34.1 Å². The quantitative estimate of drug-likeness (QED) is 0.870. The van der Waals surface area contributed by atoms with Gasteiger partial charge in [0, 0.05) is 25.4 Å². The molecule has 0 aliphatic carbocycles. The van der Waals surface area contributed by atoms with Crippen LogP contribution in [0, 0.1) is 6.92 Å². The van der Waals surface area contributed by atoms with Gasteiger partial charge < -0.3 is 10.0 Å². The van der Waals surface area contributed by atoms with Gasteiger partial charge >= 0.3 is 5.97 Å². The van der Waals surface area contributed by atoms with Crippen molar-refractivity contribution in [2.24, 2.45) is 0 Å². The van der Waals surface area contributed by atoms with E-state index in [0.717, 1.165) is 20.6 Å². The number of aliphatic carboxylic acids is 1. The maximum Gasteiger partial charge on any atom is 0.343 e. The fourth-order valence-electron chi connectivity index (χ4n) is 2.79. The molecule has 2 heterocycles. The molecule has 0 saturated carbocycles. The Morgan fingerprint density at radius 3 is 2.42 bits per heavy atom. The average Bonchev–Trinajstić information content (AvgIpc) is 3.23. The first-order chi connectivity index (χ1) is 12.1. The summed E-state index contributed by atoms with van der Waals surface area (Å²) in [5.41, 5.74) is -1.50. The van der Waals surface area contributed by atoms with E-state index in [-0.39, 0.29) is 23.4 Å². The highest BCUT2D eigenvalue weighted by Crippen LogP contribution is 2.27. The summed E-state index contributed by atoms with van der Waals surface area (Å²) < 4.78 is 40.2. The maximum absolute atomic E-state index is 14.1. The summed E-state index contributed by atoms with van der Waals surface area (Å²) in [5, 5.41) is 8.90. The van der Waals surface area contributed by atoms with E-state index in [9.17, 15) is 22.4 Å². The third-order valence-electron chi connectivity index (χ3n) is 4.40. The van der Waals surface area contributed by atoms with E-state index in [4.69, 9.17) is 5.11 Å². The molecule has 7 nitrogen and oxygen atoms in total. The predicted octanol–water partition coefficient (Wildman–Crippen LogP) is 1.67. The molecular weight excluding hydrogens is 363 g/mol. The summed E-state index contributed by atoms with van der Waals surface area (Å²) in [6, 6.07) is 7.58. The first-order valence-corrected chi connectivity index (χ1v) is 9.29. The van der Waals surface area contributed by atoms with Gasteiger partial charge in [-0.05, 0) is 25.1 Å². The molecular formula is C17H17FN2O5S. The summed E-state index contributed by atoms with van der Waals surface area (Å²) in [6.07, 6.45) is 2.09. The van der Waals surface area contributed by atoms with Crippen molar-refractivity contribution in [3.63, 3.8) is 0 Å². The van der Waals surface area contributed by atoms with Crippen molar-refractivity contribution in [3.05, 3.63) is 53.9 Å². The molecule has 1 aromatic carbocycles. The van der Waals surface area contributed by atoms with Gasteiger partial charge in [0.25, 0.3) is 15.9 Å². The molecule has 9 heteroatoms. The Labute approximate surface area is 149 Å². The number of hydrogen-bond acceptors (Lipinski definition) is 4. The van der Waals surface area contributed by atoms with E-state index in [2.05, 4.69) is 0 Å². The molecule has 1 amide bonds. The van der Waals surface area contributed by atoms with E-state index in [1.54, 1.807) is 12.1 Å². The minimum atomic E-state index is -3.85. The standard InChI is InChI=1S/C17H17FN2O5S/c1-12-2-4-14(5-3-12)26(24,25)20-8-6-13(10-20)15(21)19-9-7-17(18,11-19)16(22)23/h2-6,8,10H,7,9,11H2,1H3,(H,22,23). The number of carbonyl (C=O) groups excluding carboxylic acids is 1. The van der Waals surface area contributed by atoms with Crippen LogP contribution in [0.1, 0.15) is 22.3 Å². The molecule has 1 unspecified atom stereocenters. The number of halogens is 1. The number of carboxylic acids is 1. The number of benzene rings is 1. The highest BCUT2D eigenvalue weighted by molar-refractivity contribution is 7.90. The molecule has 1 N–H and O–H groups in total. The number of likely N-dealkylation sites (tertiary alicyclic amines) is 1. The SMILES string of the molecule is Cc1ccc(S(=O)(=O)n2ccc(C(=O)N3CCC(F)(C(=O)O)C3)c2)cc1. The summed E-state index contributed by atoms with van der Waals surface area (Å²) >= 11 is 0. The van der Waals surface area contributed by atoms with Crippen LogP contribution in [-0.2, 0) is 14.8 Å². The van der Waals surface area contributed by atoms with Crippen LogP contribution in [0.3, 0.4) is 0 Å². The van der Waals surface area contributed by atoms with Gasteiger partial charge in [-0.25, -0.2) is 21.6 Å². The third kappa shape index (κ3) is 3.10. The monoisotopic (exact) mass is 380 g/mol. The highest BCUT2D eigenvalue weighted by Gasteiger charge is 2.47. The smallest absolute Gasteiger partial charge is 0.343 e. The normalized spacial score (nSPS) is 20.3. The van der Waals surface area contributed by atoms with Crippen LogP contribution < -0.4 is 0 Å². The highest BCUT2D eigenvalue weighted by atomic mass is 32.2. The molecule has 26 heavy (non-hydrogen) atoms. The predicted molar refractivity (Wildman–Crippen MR) is 90.2 cm³/mol. The van der Waals surface area contributed by atoms with Gasteiger partial charge in [-0.3, -0.25) is 4.79 Å². The average molecular weight is 380 g/mol. The molecule has 1 atom stereocenters. The topological polar surface area (TPSA) is 96.7 Å². The van der Waals surface area contributed by atoms with Gasteiger partial charge in [0.05, 0.1) is 17.0 Å². The molecule has 1 aromatic heterocycles. The molecule has 1 aliphatic rings. The Hall–Kier alpha value is -2.68. The second kappa shape index (κ2) is 6.24. The number of aromatic nitrogens is 1. The fourth-order valence-corrected chi connectivity index (χ4v) is 3.99. The number of nitrogens with zero attached hydrogens (tertiary/aromatic N) is 2. The Balaban J connectivity index is 1.83. The van der Waals surface area contributed by atoms with Gasteiger partial charge in [0.2, 0.25) is 5.67 Å². The number of rotatable bonds is 4. The van der Waals surface area contributed by atoms with Crippen LogP contribution >= 0.6 is 0 Å². The molecule has 138 valence electrons. The van der Waals surface area contributed by atoms with Gasteiger partial charge in [-0.15, -0.1) is 0 Å². The van der Waals surface area contributed by atoms with Crippen molar-refractivity contribution in [1.29, 1.82) is 0 Å². The maximum atomic E-state index is 14.1. The number of amides is 1. The Kier molecular flexibility index (Phi) is 4.35. The molecule has 3 rings (SSSR count). The van der Waals surface area contributed by atoms with Crippen LogP contribution in [0.4, 0.5) is 4.39 Å². The zero-order chi connectivity index (χ0) is 19.1. The number of alkyl halides is 1. The van der Waals surface area contributed by atoms with Crippen molar-refractivity contribution < 1.29 is 27.5 Å². The van der Waals surface area contributed by atoms with Gasteiger partial charge in [-0.1, -0.05) is 17.7 Å². The zero-order valence-corrected chi connectivity index (χ0v) is 14.7. The van der Waals surface area contributed by atoms with Crippen molar-refractivity contribution in [1.82, 2.24) is 8.87 Å². The van der Waals surface area contributed by atoms with Gasteiger partial charge in [0.1, 0.15) is 0 Å². The van der Waals surface area contributed by atoms with Crippen molar-refractivity contribution >= 4 is 21.9 Å².